The standard InChI is InChI=1S/C19H26N4O2/c1-20-19(23(2)15-16-8-5-4-6-9-16)22-14-17-10-7-11-21-18(17)25-13-12-24-3/h4-11H,12-15H2,1-3H3,(H,20,22). The smallest absolute Gasteiger partial charge is 0.218 e. The maximum atomic E-state index is 5.67. The maximum absolute atomic E-state index is 5.67. The number of nitrogens with zero attached hydrogens (tertiary/aromatic N) is 3. The monoisotopic (exact) mass is 342 g/mol. The van der Waals surface area contributed by atoms with E-state index in [2.05, 4.69) is 32.3 Å². The van der Waals surface area contributed by atoms with Crippen LogP contribution in [0.4, 0.5) is 0 Å². The molecule has 1 aromatic carbocycles. The highest BCUT2D eigenvalue weighted by molar-refractivity contribution is 5.79. The van der Waals surface area contributed by atoms with Gasteiger partial charge in [-0.1, -0.05) is 36.4 Å². The topological polar surface area (TPSA) is 59.0 Å². The molecule has 0 fully saturated rings. The van der Waals surface area contributed by atoms with Gasteiger partial charge >= 0.3 is 0 Å². The van der Waals surface area contributed by atoms with Gasteiger partial charge in [0, 0.05) is 46.1 Å². The van der Waals surface area contributed by atoms with Crippen LogP contribution in [-0.2, 0) is 17.8 Å². The molecule has 1 aromatic heterocycles. The minimum Gasteiger partial charge on any atom is -0.475 e. The molecule has 0 aliphatic rings. The summed E-state index contributed by atoms with van der Waals surface area (Å²) in [7, 11) is 5.45. The van der Waals surface area contributed by atoms with E-state index in [0.29, 0.717) is 25.6 Å². The van der Waals surface area contributed by atoms with Crippen molar-refractivity contribution in [2.24, 2.45) is 4.99 Å². The number of pyridine rings is 1. The number of hydrogen-bond acceptors (Lipinski definition) is 4. The lowest BCUT2D eigenvalue weighted by molar-refractivity contribution is 0.143. The molecule has 0 saturated carbocycles. The summed E-state index contributed by atoms with van der Waals surface area (Å²) >= 11 is 0. The Balaban J connectivity index is 1.94. The van der Waals surface area contributed by atoms with Crippen LogP contribution in [0.2, 0.25) is 0 Å². The summed E-state index contributed by atoms with van der Waals surface area (Å²) in [6.07, 6.45) is 1.72. The van der Waals surface area contributed by atoms with Crippen molar-refractivity contribution in [3.8, 4) is 5.88 Å². The van der Waals surface area contributed by atoms with Crippen LogP contribution < -0.4 is 10.1 Å². The highest BCUT2D eigenvalue weighted by Gasteiger charge is 2.09. The van der Waals surface area contributed by atoms with Crippen LogP contribution in [0.3, 0.4) is 0 Å². The molecule has 134 valence electrons. The SMILES string of the molecule is CN=C(NCc1cccnc1OCCOC)N(C)Cc1ccccc1. The van der Waals surface area contributed by atoms with E-state index in [9.17, 15) is 0 Å². The highest BCUT2D eigenvalue weighted by atomic mass is 16.5. The summed E-state index contributed by atoms with van der Waals surface area (Å²) in [5.74, 6) is 1.43. The molecule has 25 heavy (non-hydrogen) atoms. The lowest BCUT2D eigenvalue weighted by Crippen LogP contribution is -2.38. The summed E-state index contributed by atoms with van der Waals surface area (Å²) in [4.78, 5) is 10.7. The lowest BCUT2D eigenvalue weighted by atomic mass is 10.2. The molecular weight excluding hydrogens is 316 g/mol. The minimum atomic E-state index is 0.475. The van der Waals surface area contributed by atoms with Crippen molar-refractivity contribution >= 4 is 5.96 Å². The molecule has 0 spiro atoms. The number of benzene rings is 1. The molecule has 0 aliphatic carbocycles. The number of methoxy groups -OCH3 is 1. The van der Waals surface area contributed by atoms with E-state index in [4.69, 9.17) is 9.47 Å². The first-order chi connectivity index (χ1) is 12.2. The zero-order valence-corrected chi connectivity index (χ0v) is 15.1. The van der Waals surface area contributed by atoms with Crippen LogP contribution in [0.25, 0.3) is 0 Å². The van der Waals surface area contributed by atoms with E-state index in [1.54, 1.807) is 20.4 Å². The van der Waals surface area contributed by atoms with Gasteiger partial charge in [-0.15, -0.1) is 0 Å². The summed E-state index contributed by atoms with van der Waals surface area (Å²) in [6, 6.07) is 14.2. The fourth-order valence-corrected chi connectivity index (χ4v) is 2.40. The third-order valence-corrected chi connectivity index (χ3v) is 3.65. The summed E-state index contributed by atoms with van der Waals surface area (Å²) in [6.45, 7) is 2.38. The van der Waals surface area contributed by atoms with E-state index in [1.807, 2.05) is 37.4 Å². The van der Waals surface area contributed by atoms with Gasteiger partial charge in [0.05, 0.1) is 6.61 Å². The zero-order chi connectivity index (χ0) is 17.9. The molecule has 0 amide bonds. The first-order valence-corrected chi connectivity index (χ1v) is 8.26. The molecule has 1 heterocycles. The molecular formula is C19H26N4O2. The molecule has 0 unspecified atom stereocenters. The van der Waals surface area contributed by atoms with Crippen LogP contribution in [0.5, 0.6) is 5.88 Å². The normalized spacial score (nSPS) is 11.2. The van der Waals surface area contributed by atoms with Crippen molar-refractivity contribution in [1.82, 2.24) is 15.2 Å². The second kappa shape index (κ2) is 10.3. The van der Waals surface area contributed by atoms with Crippen LogP contribution in [0.1, 0.15) is 11.1 Å². The first kappa shape index (κ1) is 18.7. The van der Waals surface area contributed by atoms with Crippen molar-refractivity contribution in [3.63, 3.8) is 0 Å². The molecule has 0 saturated heterocycles. The molecule has 6 nitrogen and oxygen atoms in total. The fourth-order valence-electron chi connectivity index (χ4n) is 2.40. The van der Waals surface area contributed by atoms with Gasteiger partial charge in [0.15, 0.2) is 5.96 Å². The highest BCUT2D eigenvalue weighted by Crippen LogP contribution is 2.14. The van der Waals surface area contributed by atoms with Crippen molar-refractivity contribution in [3.05, 3.63) is 59.8 Å². The van der Waals surface area contributed by atoms with E-state index in [0.717, 1.165) is 18.1 Å². The van der Waals surface area contributed by atoms with Crippen molar-refractivity contribution < 1.29 is 9.47 Å². The van der Waals surface area contributed by atoms with E-state index in [-0.39, 0.29) is 0 Å². The van der Waals surface area contributed by atoms with Gasteiger partial charge in [-0.05, 0) is 11.6 Å². The molecule has 0 atom stereocenters. The summed E-state index contributed by atoms with van der Waals surface area (Å²) in [5, 5.41) is 3.36. The van der Waals surface area contributed by atoms with E-state index < -0.39 is 0 Å². The van der Waals surface area contributed by atoms with Crippen LogP contribution in [-0.4, -0.2) is 50.3 Å². The Labute approximate surface area is 149 Å². The van der Waals surface area contributed by atoms with Gasteiger partial charge in [-0.3, -0.25) is 4.99 Å². The molecule has 1 N–H and O–H groups in total. The van der Waals surface area contributed by atoms with Gasteiger partial charge in [0.1, 0.15) is 6.61 Å². The van der Waals surface area contributed by atoms with Crippen molar-refractivity contribution in [2.75, 3.05) is 34.4 Å². The minimum absolute atomic E-state index is 0.475. The molecule has 6 heteroatoms. The van der Waals surface area contributed by atoms with E-state index in [1.165, 1.54) is 5.56 Å². The second-order valence-corrected chi connectivity index (χ2v) is 5.55. The number of nitrogens with one attached hydrogen (secondary N) is 1. The van der Waals surface area contributed by atoms with Gasteiger partial charge in [0.2, 0.25) is 5.88 Å². The molecule has 0 aliphatic heterocycles. The molecule has 2 rings (SSSR count). The van der Waals surface area contributed by atoms with Gasteiger partial charge < -0.3 is 19.7 Å². The fraction of sp³-hybridized carbons (Fsp3) is 0.368. The van der Waals surface area contributed by atoms with Crippen molar-refractivity contribution in [2.45, 2.75) is 13.1 Å². The summed E-state index contributed by atoms with van der Waals surface area (Å²) < 4.78 is 10.7. The maximum Gasteiger partial charge on any atom is 0.218 e. The third-order valence-electron chi connectivity index (χ3n) is 3.65. The number of aromatic nitrogens is 1. The largest absolute Gasteiger partial charge is 0.475 e. The molecule has 0 radical (unpaired) electrons. The number of guanidine groups is 1. The second-order valence-electron chi connectivity index (χ2n) is 5.55. The average Bonchev–Trinajstić information content (AvgIpc) is 2.64. The Bertz CT molecular complexity index is 661. The number of hydrogen-bond donors (Lipinski definition) is 1. The van der Waals surface area contributed by atoms with Crippen LogP contribution >= 0.6 is 0 Å². The zero-order valence-electron chi connectivity index (χ0n) is 15.1. The Morgan fingerprint density at radius 1 is 1.16 bits per heavy atom. The Morgan fingerprint density at radius 2 is 1.96 bits per heavy atom. The van der Waals surface area contributed by atoms with Crippen LogP contribution in [0, 0.1) is 0 Å². The Morgan fingerprint density at radius 3 is 2.68 bits per heavy atom. The van der Waals surface area contributed by atoms with Crippen LogP contribution in [0.15, 0.2) is 53.7 Å². The Kier molecular flexibility index (Phi) is 7.72. The van der Waals surface area contributed by atoms with Gasteiger partial charge in [-0.25, -0.2) is 4.98 Å². The molecule has 2 aromatic rings. The predicted octanol–water partition coefficient (Wildman–Crippen LogP) is 2.31. The third kappa shape index (κ3) is 6.08. The number of rotatable bonds is 8. The Hall–Kier alpha value is -2.60. The predicted molar refractivity (Wildman–Crippen MR) is 99.7 cm³/mol. The lowest BCUT2D eigenvalue weighted by Gasteiger charge is -2.22. The van der Waals surface area contributed by atoms with Crippen molar-refractivity contribution in [1.29, 1.82) is 0 Å². The summed E-state index contributed by atoms with van der Waals surface area (Å²) in [5.41, 5.74) is 2.21. The van der Waals surface area contributed by atoms with Gasteiger partial charge in [0.25, 0.3) is 0 Å². The average molecular weight is 342 g/mol. The number of aliphatic imine (C=N–C) groups is 1. The number of ether oxygens (including phenoxy) is 2. The first-order valence-electron chi connectivity index (χ1n) is 8.26. The molecule has 0 bridgehead atoms. The van der Waals surface area contributed by atoms with E-state index >= 15 is 0 Å². The van der Waals surface area contributed by atoms with Gasteiger partial charge in [-0.2, -0.15) is 0 Å². The quantitative estimate of drug-likeness (QED) is 0.453.